The molecule has 7 nitrogen and oxygen atoms in total. The van der Waals surface area contributed by atoms with E-state index < -0.39 is 0 Å². The molecule has 4 rings (SSSR count). The fourth-order valence-corrected chi connectivity index (χ4v) is 4.30. The number of ether oxygens (including phenoxy) is 3. The van der Waals surface area contributed by atoms with E-state index in [2.05, 4.69) is 42.5 Å². The highest BCUT2D eigenvalue weighted by atomic mass is 16.5. The van der Waals surface area contributed by atoms with Crippen molar-refractivity contribution in [1.82, 2.24) is 15.1 Å². The molecule has 1 aromatic heterocycles. The van der Waals surface area contributed by atoms with Crippen molar-refractivity contribution in [1.29, 1.82) is 0 Å². The van der Waals surface area contributed by atoms with Gasteiger partial charge in [-0.05, 0) is 68.5 Å². The fraction of sp³-hybridized carbons (Fsp3) is 0.360. The van der Waals surface area contributed by atoms with Crippen molar-refractivity contribution in [3.8, 4) is 22.9 Å². The molecule has 0 unspecified atom stereocenters. The zero-order valence-corrected chi connectivity index (χ0v) is 19.2. The summed E-state index contributed by atoms with van der Waals surface area (Å²) in [6, 6.07) is 9.64. The van der Waals surface area contributed by atoms with Gasteiger partial charge < -0.3 is 19.5 Å². The van der Waals surface area contributed by atoms with Gasteiger partial charge in [0.1, 0.15) is 0 Å². The molecule has 0 bridgehead atoms. The second-order valence-electron chi connectivity index (χ2n) is 8.03. The summed E-state index contributed by atoms with van der Waals surface area (Å²) in [4.78, 5) is 13.2. The lowest BCUT2D eigenvalue weighted by Crippen LogP contribution is -2.31. The van der Waals surface area contributed by atoms with Crippen molar-refractivity contribution in [2.24, 2.45) is 0 Å². The van der Waals surface area contributed by atoms with E-state index in [1.807, 2.05) is 10.9 Å². The van der Waals surface area contributed by atoms with Gasteiger partial charge in [-0.25, -0.2) is 4.68 Å². The number of nitrogens with one attached hydrogen (secondary N) is 1. The number of fused-ring (bicyclic) bond motifs is 1. The Bertz CT molecular complexity index is 1150. The molecular formula is C25H29N3O4. The van der Waals surface area contributed by atoms with Crippen LogP contribution in [0.1, 0.15) is 51.6 Å². The molecule has 0 saturated carbocycles. The predicted molar refractivity (Wildman–Crippen MR) is 122 cm³/mol. The maximum atomic E-state index is 13.2. The Kier molecular flexibility index (Phi) is 6.08. The van der Waals surface area contributed by atoms with E-state index in [1.54, 1.807) is 19.2 Å². The summed E-state index contributed by atoms with van der Waals surface area (Å²) >= 11 is 0. The van der Waals surface area contributed by atoms with Crippen LogP contribution in [0.4, 0.5) is 0 Å². The quantitative estimate of drug-likeness (QED) is 0.624. The van der Waals surface area contributed by atoms with Gasteiger partial charge in [0.05, 0.1) is 44.8 Å². The molecule has 1 N–H and O–H groups in total. The van der Waals surface area contributed by atoms with Gasteiger partial charge in [-0.3, -0.25) is 4.79 Å². The molecule has 0 spiro atoms. The number of methoxy groups -OCH3 is 3. The number of aromatic nitrogens is 2. The lowest BCUT2D eigenvalue weighted by atomic mass is 9.92. The summed E-state index contributed by atoms with van der Waals surface area (Å²) < 4.78 is 18.2. The molecule has 0 fully saturated rings. The number of nitrogens with zero attached hydrogens (tertiary/aromatic N) is 2. The summed E-state index contributed by atoms with van der Waals surface area (Å²) in [6.07, 6.45) is 4.62. The van der Waals surface area contributed by atoms with Gasteiger partial charge in [-0.15, -0.1) is 0 Å². The summed E-state index contributed by atoms with van der Waals surface area (Å²) in [6.45, 7) is 4.21. The Hall–Kier alpha value is -3.48. The molecule has 3 aromatic rings. The maximum absolute atomic E-state index is 13.2. The molecule has 2 aromatic carbocycles. The smallest absolute Gasteiger partial charge is 0.255 e. The molecule has 0 saturated heterocycles. The highest BCUT2D eigenvalue weighted by Gasteiger charge is 2.28. The van der Waals surface area contributed by atoms with E-state index in [9.17, 15) is 4.79 Å². The van der Waals surface area contributed by atoms with Crippen LogP contribution in [0.3, 0.4) is 0 Å². The monoisotopic (exact) mass is 435 g/mol. The van der Waals surface area contributed by atoms with Gasteiger partial charge in [0.15, 0.2) is 11.5 Å². The molecule has 1 aliphatic rings. The summed E-state index contributed by atoms with van der Waals surface area (Å²) in [5.74, 6) is 1.04. The van der Waals surface area contributed by atoms with Crippen LogP contribution in [0.15, 0.2) is 36.5 Å². The molecule has 168 valence electrons. The summed E-state index contributed by atoms with van der Waals surface area (Å²) in [7, 11) is 4.59. The lowest BCUT2D eigenvalue weighted by molar-refractivity contribution is 0.0929. The third kappa shape index (κ3) is 3.79. The number of aryl methyl sites for hydroxylation is 2. The number of rotatable bonds is 6. The van der Waals surface area contributed by atoms with Crippen LogP contribution in [0.5, 0.6) is 17.2 Å². The molecule has 1 aliphatic carbocycles. The lowest BCUT2D eigenvalue weighted by Gasteiger charge is -2.25. The zero-order chi connectivity index (χ0) is 22.8. The molecule has 0 aliphatic heterocycles. The first kappa shape index (κ1) is 21.7. The summed E-state index contributed by atoms with van der Waals surface area (Å²) in [5.41, 5.74) is 6.13. The minimum absolute atomic E-state index is 0.121. The largest absolute Gasteiger partial charge is 0.493 e. The minimum Gasteiger partial charge on any atom is -0.493 e. The van der Waals surface area contributed by atoms with Crippen molar-refractivity contribution in [3.05, 3.63) is 64.5 Å². The third-order valence-electron chi connectivity index (χ3n) is 6.17. The average molecular weight is 436 g/mol. The number of benzene rings is 2. The van der Waals surface area contributed by atoms with Gasteiger partial charge in [0.25, 0.3) is 5.91 Å². The van der Waals surface area contributed by atoms with Crippen LogP contribution in [0.2, 0.25) is 0 Å². The predicted octanol–water partition coefficient (Wildman–Crippen LogP) is 4.32. The number of carbonyl (C=O) groups excluding carboxylic acids is 1. The Morgan fingerprint density at radius 2 is 1.81 bits per heavy atom. The Morgan fingerprint density at radius 1 is 1.03 bits per heavy atom. The Morgan fingerprint density at radius 3 is 2.50 bits per heavy atom. The van der Waals surface area contributed by atoms with Crippen molar-refractivity contribution in [2.75, 3.05) is 21.3 Å². The van der Waals surface area contributed by atoms with E-state index in [-0.39, 0.29) is 11.9 Å². The summed E-state index contributed by atoms with van der Waals surface area (Å²) in [5, 5.41) is 7.83. The van der Waals surface area contributed by atoms with Crippen molar-refractivity contribution >= 4 is 5.91 Å². The molecule has 1 amide bonds. The topological polar surface area (TPSA) is 74.6 Å². The number of amides is 1. The molecule has 1 atom stereocenters. The third-order valence-corrected chi connectivity index (χ3v) is 6.17. The van der Waals surface area contributed by atoms with Crippen LogP contribution in [0, 0.1) is 13.8 Å². The molecule has 1 heterocycles. The maximum Gasteiger partial charge on any atom is 0.255 e. The van der Waals surface area contributed by atoms with Crippen molar-refractivity contribution in [2.45, 2.75) is 39.2 Å². The average Bonchev–Trinajstić information content (AvgIpc) is 3.24. The van der Waals surface area contributed by atoms with Crippen LogP contribution >= 0.6 is 0 Å². The van der Waals surface area contributed by atoms with Crippen LogP contribution in [-0.2, 0) is 6.42 Å². The first-order valence-electron chi connectivity index (χ1n) is 10.7. The zero-order valence-electron chi connectivity index (χ0n) is 19.2. The highest BCUT2D eigenvalue weighted by Crippen LogP contribution is 2.40. The van der Waals surface area contributed by atoms with Crippen LogP contribution < -0.4 is 19.5 Å². The molecule has 32 heavy (non-hydrogen) atoms. The van der Waals surface area contributed by atoms with Gasteiger partial charge in [-0.2, -0.15) is 5.10 Å². The van der Waals surface area contributed by atoms with Gasteiger partial charge in [-0.1, -0.05) is 6.07 Å². The van der Waals surface area contributed by atoms with E-state index in [1.165, 1.54) is 25.3 Å². The normalized spacial score (nSPS) is 15.1. The Balaban J connectivity index is 1.63. The molecule has 0 radical (unpaired) electrons. The molecule has 7 heteroatoms. The first-order valence-corrected chi connectivity index (χ1v) is 10.7. The number of hydrogen-bond donors (Lipinski definition) is 1. The SMILES string of the molecule is COc1ccc(C(=O)N[C@H]2CCCc3c2cnn3-c2ccc(C)c(C)c2)c(OC)c1OC. The number of carbonyl (C=O) groups is 1. The first-order chi connectivity index (χ1) is 15.5. The minimum atomic E-state index is -0.223. The second kappa shape index (κ2) is 8.94. The van der Waals surface area contributed by atoms with E-state index in [0.717, 1.165) is 36.2 Å². The van der Waals surface area contributed by atoms with Gasteiger partial charge in [0.2, 0.25) is 5.75 Å². The highest BCUT2D eigenvalue weighted by molar-refractivity contribution is 5.98. The van der Waals surface area contributed by atoms with Gasteiger partial charge in [0, 0.05) is 11.3 Å². The van der Waals surface area contributed by atoms with Crippen molar-refractivity contribution in [3.63, 3.8) is 0 Å². The Labute approximate surface area is 188 Å². The fourth-order valence-electron chi connectivity index (χ4n) is 4.30. The van der Waals surface area contributed by atoms with Crippen molar-refractivity contribution < 1.29 is 19.0 Å². The standard InChI is InChI=1S/C25H29N3O4/c1-15-9-10-17(13-16(15)2)28-21-8-6-7-20(19(21)14-26-28)27-25(29)18-11-12-22(30-3)24(32-5)23(18)31-4/h9-14,20H,6-8H2,1-5H3,(H,27,29)/t20-/m0/s1. The van der Waals surface area contributed by atoms with E-state index in [0.29, 0.717) is 22.8 Å². The second-order valence-corrected chi connectivity index (χ2v) is 8.03. The van der Waals surface area contributed by atoms with E-state index in [4.69, 9.17) is 14.2 Å². The van der Waals surface area contributed by atoms with Crippen LogP contribution in [-0.4, -0.2) is 37.0 Å². The van der Waals surface area contributed by atoms with Gasteiger partial charge >= 0.3 is 0 Å². The van der Waals surface area contributed by atoms with E-state index >= 15 is 0 Å². The van der Waals surface area contributed by atoms with Crippen LogP contribution in [0.25, 0.3) is 5.69 Å². The molecular weight excluding hydrogens is 406 g/mol. The number of hydrogen-bond acceptors (Lipinski definition) is 5.